The average molecular weight is 201 g/mol. The molecule has 1 N–H and O–H groups in total. The van der Waals surface area contributed by atoms with E-state index in [-0.39, 0.29) is 0 Å². The van der Waals surface area contributed by atoms with Crippen molar-refractivity contribution < 1.29 is 0 Å². The van der Waals surface area contributed by atoms with Gasteiger partial charge in [0.05, 0.1) is 0 Å². The molecule has 1 aliphatic carbocycles. The second kappa shape index (κ2) is 5.92. The van der Waals surface area contributed by atoms with Crippen LogP contribution < -0.4 is 5.32 Å². The predicted molar refractivity (Wildman–Crippen MR) is 62.4 cm³/mol. The van der Waals surface area contributed by atoms with Gasteiger partial charge in [-0.3, -0.25) is 0 Å². The van der Waals surface area contributed by atoms with Crippen LogP contribution in [0, 0.1) is 5.41 Å². The zero-order chi connectivity index (χ0) is 9.57. The first kappa shape index (κ1) is 11.4. The summed E-state index contributed by atoms with van der Waals surface area (Å²) in [7, 11) is 0. The van der Waals surface area contributed by atoms with Gasteiger partial charge in [-0.15, -0.1) is 0 Å². The SMILES string of the molecule is CCSCCNCC1(CC)CCC1. The third-order valence-electron chi connectivity index (χ3n) is 3.29. The highest BCUT2D eigenvalue weighted by Gasteiger charge is 2.34. The molecule has 1 fully saturated rings. The first-order valence-corrected chi connectivity index (χ1v) is 6.77. The maximum atomic E-state index is 3.59. The molecule has 1 rings (SSSR count). The maximum Gasteiger partial charge on any atom is 0.00580 e. The van der Waals surface area contributed by atoms with Gasteiger partial charge < -0.3 is 5.32 Å². The number of thioether (sulfide) groups is 1. The molecule has 0 heterocycles. The fraction of sp³-hybridized carbons (Fsp3) is 1.00. The lowest BCUT2D eigenvalue weighted by Crippen LogP contribution is -2.40. The van der Waals surface area contributed by atoms with E-state index in [9.17, 15) is 0 Å². The smallest absolute Gasteiger partial charge is 0.00580 e. The minimum atomic E-state index is 0.691. The number of hydrogen-bond acceptors (Lipinski definition) is 2. The summed E-state index contributed by atoms with van der Waals surface area (Å²) in [5.41, 5.74) is 0.691. The van der Waals surface area contributed by atoms with E-state index in [2.05, 4.69) is 19.2 Å². The second-order valence-electron chi connectivity index (χ2n) is 4.08. The minimum Gasteiger partial charge on any atom is -0.315 e. The summed E-state index contributed by atoms with van der Waals surface area (Å²) in [5.74, 6) is 2.52. The Morgan fingerprint density at radius 2 is 2.08 bits per heavy atom. The number of rotatable bonds is 7. The molecule has 1 nitrogen and oxygen atoms in total. The molecule has 2 heteroatoms. The second-order valence-corrected chi connectivity index (χ2v) is 5.47. The van der Waals surface area contributed by atoms with Gasteiger partial charge in [-0.1, -0.05) is 20.3 Å². The van der Waals surface area contributed by atoms with E-state index in [1.54, 1.807) is 0 Å². The van der Waals surface area contributed by atoms with Crippen molar-refractivity contribution in [2.75, 3.05) is 24.6 Å². The van der Waals surface area contributed by atoms with Gasteiger partial charge in [0.25, 0.3) is 0 Å². The molecule has 0 spiro atoms. The van der Waals surface area contributed by atoms with Crippen LogP contribution >= 0.6 is 11.8 Å². The average Bonchev–Trinajstić information content (AvgIpc) is 2.09. The molecule has 1 saturated carbocycles. The fourth-order valence-corrected chi connectivity index (χ4v) is 2.55. The molecule has 0 radical (unpaired) electrons. The van der Waals surface area contributed by atoms with Crippen LogP contribution in [0.2, 0.25) is 0 Å². The van der Waals surface area contributed by atoms with Gasteiger partial charge in [0.15, 0.2) is 0 Å². The Labute approximate surface area is 87.1 Å². The van der Waals surface area contributed by atoms with Crippen molar-refractivity contribution in [2.45, 2.75) is 39.5 Å². The molecule has 0 saturated heterocycles. The lowest BCUT2D eigenvalue weighted by molar-refractivity contribution is 0.125. The summed E-state index contributed by atoms with van der Waals surface area (Å²) in [6.07, 6.45) is 5.73. The van der Waals surface area contributed by atoms with Crippen molar-refractivity contribution in [1.29, 1.82) is 0 Å². The number of hydrogen-bond donors (Lipinski definition) is 1. The Balaban J connectivity index is 1.98. The van der Waals surface area contributed by atoms with Gasteiger partial charge in [0.1, 0.15) is 0 Å². The lowest BCUT2D eigenvalue weighted by Gasteiger charge is -2.41. The number of nitrogens with one attached hydrogen (secondary N) is 1. The van der Waals surface area contributed by atoms with Crippen molar-refractivity contribution in [3.63, 3.8) is 0 Å². The Morgan fingerprint density at radius 3 is 2.54 bits per heavy atom. The molecule has 0 atom stereocenters. The molecule has 0 aromatic heterocycles. The van der Waals surface area contributed by atoms with Crippen LogP contribution in [0.1, 0.15) is 39.5 Å². The third-order valence-corrected chi connectivity index (χ3v) is 4.19. The maximum absolute atomic E-state index is 3.59. The highest BCUT2D eigenvalue weighted by Crippen LogP contribution is 2.42. The summed E-state index contributed by atoms with van der Waals surface area (Å²) in [5, 5.41) is 3.59. The largest absolute Gasteiger partial charge is 0.315 e. The zero-order valence-corrected chi connectivity index (χ0v) is 9.88. The van der Waals surface area contributed by atoms with Crippen LogP contribution in [-0.4, -0.2) is 24.6 Å². The molecule has 1 aliphatic rings. The third kappa shape index (κ3) is 3.51. The van der Waals surface area contributed by atoms with Crippen LogP contribution in [-0.2, 0) is 0 Å². The minimum absolute atomic E-state index is 0.691. The zero-order valence-electron chi connectivity index (χ0n) is 9.07. The van der Waals surface area contributed by atoms with Crippen LogP contribution in [0.3, 0.4) is 0 Å². The Morgan fingerprint density at radius 1 is 1.31 bits per heavy atom. The molecule has 0 aliphatic heterocycles. The van der Waals surface area contributed by atoms with E-state index in [1.807, 2.05) is 11.8 Å². The molecular weight excluding hydrogens is 178 g/mol. The highest BCUT2D eigenvalue weighted by molar-refractivity contribution is 7.99. The summed E-state index contributed by atoms with van der Waals surface area (Å²) in [6, 6.07) is 0. The van der Waals surface area contributed by atoms with E-state index >= 15 is 0 Å². The normalized spacial score (nSPS) is 19.8. The van der Waals surface area contributed by atoms with E-state index in [0.717, 1.165) is 0 Å². The monoisotopic (exact) mass is 201 g/mol. The van der Waals surface area contributed by atoms with Gasteiger partial charge in [-0.05, 0) is 30.4 Å². The molecule has 0 bridgehead atoms. The summed E-state index contributed by atoms with van der Waals surface area (Å²) in [6.45, 7) is 7.01. The summed E-state index contributed by atoms with van der Waals surface area (Å²) < 4.78 is 0. The van der Waals surface area contributed by atoms with Crippen molar-refractivity contribution >= 4 is 11.8 Å². The predicted octanol–water partition coefficient (Wildman–Crippen LogP) is 2.91. The standard InChI is InChI=1S/C11H23NS/c1-3-11(6-5-7-11)10-12-8-9-13-4-2/h12H,3-10H2,1-2H3. The van der Waals surface area contributed by atoms with E-state index in [1.165, 1.54) is 50.3 Å². The fourth-order valence-electron chi connectivity index (χ4n) is 1.97. The van der Waals surface area contributed by atoms with E-state index in [4.69, 9.17) is 0 Å². The topological polar surface area (TPSA) is 12.0 Å². The first-order chi connectivity index (χ1) is 6.33. The highest BCUT2D eigenvalue weighted by atomic mass is 32.2. The van der Waals surface area contributed by atoms with Gasteiger partial charge in [0.2, 0.25) is 0 Å². The van der Waals surface area contributed by atoms with E-state index < -0.39 is 0 Å². The molecule has 0 aromatic carbocycles. The first-order valence-electron chi connectivity index (χ1n) is 5.61. The summed E-state index contributed by atoms with van der Waals surface area (Å²) >= 11 is 2.03. The molecule has 78 valence electrons. The Kier molecular flexibility index (Phi) is 5.18. The lowest BCUT2D eigenvalue weighted by atomic mass is 9.67. The molecule has 0 amide bonds. The van der Waals surface area contributed by atoms with Crippen LogP contribution in [0.4, 0.5) is 0 Å². The van der Waals surface area contributed by atoms with Crippen molar-refractivity contribution in [3.8, 4) is 0 Å². The van der Waals surface area contributed by atoms with Crippen molar-refractivity contribution in [1.82, 2.24) is 5.32 Å². The van der Waals surface area contributed by atoms with E-state index in [0.29, 0.717) is 5.41 Å². The molecule has 0 aromatic rings. The van der Waals surface area contributed by atoms with Gasteiger partial charge in [-0.2, -0.15) is 11.8 Å². The van der Waals surface area contributed by atoms with Crippen LogP contribution in [0.25, 0.3) is 0 Å². The van der Waals surface area contributed by atoms with Crippen molar-refractivity contribution in [3.05, 3.63) is 0 Å². The van der Waals surface area contributed by atoms with Gasteiger partial charge in [0, 0.05) is 18.8 Å². The Hall–Kier alpha value is 0.310. The van der Waals surface area contributed by atoms with Gasteiger partial charge >= 0.3 is 0 Å². The quantitative estimate of drug-likeness (QED) is 0.636. The van der Waals surface area contributed by atoms with Crippen LogP contribution in [0.15, 0.2) is 0 Å². The van der Waals surface area contributed by atoms with Crippen LogP contribution in [0.5, 0.6) is 0 Å². The van der Waals surface area contributed by atoms with Crippen molar-refractivity contribution in [2.24, 2.45) is 5.41 Å². The molecular formula is C11H23NS. The molecule has 13 heavy (non-hydrogen) atoms. The van der Waals surface area contributed by atoms with Gasteiger partial charge in [-0.25, -0.2) is 0 Å². The molecule has 0 unspecified atom stereocenters. The summed E-state index contributed by atoms with van der Waals surface area (Å²) in [4.78, 5) is 0. The Bertz CT molecular complexity index is 127.